The molecule has 0 heterocycles. The highest BCUT2D eigenvalue weighted by atomic mass is 32.2. The molecule has 0 aliphatic heterocycles. The van der Waals surface area contributed by atoms with Gasteiger partial charge < -0.3 is 5.32 Å². The van der Waals surface area contributed by atoms with Crippen molar-refractivity contribution in [2.45, 2.75) is 55.7 Å². The molecule has 0 bridgehead atoms. The number of thioether (sulfide) groups is 1. The molecule has 0 saturated heterocycles. The van der Waals surface area contributed by atoms with Crippen LogP contribution in [0.1, 0.15) is 49.8 Å². The van der Waals surface area contributed by atoms with Crippen molar-refractivity contribution in [2.24, 2.45) is 0 Å². The first kappa shape index (κ1) is 16.6. The Hall–Kier alpha value is -1.25. The van der Waals surface area contributed by atoms with Crippen molar-refractivity contribution in [1.29, 1.82) is 0 Å². The maximum atomic E-state index is 3.90. The van der Waals surface area contributed by atoms with Crippen LogP contribution in [0.25, 0.3) is 0 Å². The summed E-state index contributed by atoms with van der Waals surface area (Å²) in [5.74, 6) is 1.13. The molecule has 1 fully saturated rings. The summed E-state index contributed by atoms with van der Waals surface area (Å²) >= 11 is 2.13. The van der Waals surface area contributed by atoms with Gasteiger partial charge in [-0.15, -0.1) is 0 Å². The van der Waals surface area contributed by atoms with Gasteiger partial charge >= 0.3 is 0 Å². The zero-order valence-electron chi connectivity index (χ0n) is 13.9. The quantitative estimate of drug-likeness (QED) is 0.744. The maximum Gasteiger partial charge on any atom is 0.0294 e. The molecule has 2 aromatic rings. The zero-order chi connectivity index (χ0) is 15.9. The fraction of sp³-hybridized carbons (Fsp3) is 0.429. The van der Waals surface area contributed by atoms with E-state index in [-0.39, 0.29) is 0 Å². The summed E-state index contributed by atoms with van der Waals surface area (Å²) in [4.78, 5) is 0. The predicted octanol–water partition coefficient (Wildman–Crippen LogP) is 5.58. The molecule has 1 nitrogen and oxygen atoms in total. The Kier molecular flexibility index (Phi) is 6.18. The number of hydrogen-bond acceptors (Lipinski definition) is 2. The predicted molar refractivity (Wildman–Crippen MR) is 102 cm³/mol. The van der Waals surface area contributed by atoms with Crippen LogP contribution in [0.15, 0.2) is 60.7 Å². The first-order valence-corrected chi connectivity index (χ1v) is 9.84. The monoisotopic (exact) mass is 325 g/mol. The Bertz CT molecular complexity index is 569. The van der Waals surface area contributed by atoms with Gasteiger partial charge in [-0.3, -0.25) is 0 Å². The molecule has 0 aromatic heterocycles. The van der Waals surface area contributed by atoms with Gasteiger partial charge in [0.15, 0.2) is 0 Å². The third-order valence-corrected chi connectivity index (χ3v) is 6.27. The first-order valence-electron chi connectivity index (χ1n) is 8.79. The lowest BCUT2D eigenvalue weighted by atomic mass is 9.93. The molecular weight excluding hydrogens is 298 g/mol. The van der Waals surface area contributed by atoms with Gasteiger partial charge in [0.05, 0.1) is 0 Å². The molecule has 0 spiro atoms. The molecule has 1 aliphatic rings. The van der Waals surface area contributed by atoms with Gasteiger partial charge in [-0.05, 0) is 30.9 Å². The lowest BCUT2D eigenvalue weighted by Gasteiger charge is -2.34. The minimum Gasteiger partial charge on any atom is -0.306 e. The molecule has 2 heteroatoms. The maximum absolute atomic E-state index is 3.90. The van der Waals surface area contributed by atoms with Crippen molar-refractivity contribution in [3.63, 3.8) is 0 Å². The topological polar surface area (TPSA) is 12.0 Å². The van der Waals surface area contributed by atoms with Crippen molar-refractivity contribution in [2.75, 3.05) is 0 Å². The van der Waals surface area contributed by atoms with Crippen LogP contribution in [0.5, 0.6) is 0 Å². The van der Waals surface area contributed by atoms with Crippen LogP contribution < -0.4 is 5.32 Å². The Morgan fingerprint density at radius 1 is 0.957 bits per heavy atom. The summed E-state index contributed by atoms with van der Waals surface area (Å²) in [5.41, 5.74) is 2.84. The summed E-state index contributed by atoms with van der Waals surface area (Å²) in [6, 6.07) is 22.7. The van der Waals surface area contributed by atoms with Crippen molar-refractivity contribution >= 4 is 11.8 Å². The van der Waals surface area contributed by atoms with Gasteiger partial charge in [0.2, 0.25) is 0 Å². The SMILES string of the molecule is C[C@H](N[C@H]1CCCC[C@@H]1SCc1ccccc1)c1ccccc1. The summed E-state index contributed by atoms with van der Waals surface area (Å²) in [7, 11) is 0. The molecule has 0 unspecified atom stereocenters. The van der Waals surface area contributed by atoms with E-state index in [0.717, 1.165) is 11.0 Å². The fourth-order valence-corrected chi connectivity index (χ4v) is 4.80. The van der Waals surface area contributed by atoms with Crippen molar-refractivity contribution in [3.05, 3.63) is 71.8 Å². The summed E-state index contributed by atoms with van der Waals surface area (Å²) in [5, 5.41) is 4.63. The van der Waals surface area contributed by atoms with E-state index >= 15 is 0 Å². The van der Waals surface area contributed by atoms with Crippen molar-refractivity contribution < 1.29 is 0 Å². The second-order valence-electron chi connectivity index (χ2n) is 6.53. The highest BCUT2D eigenvalue weighted by Gasteiger charge is 2.26. The van der Waals surface area contributed by atoms with Crippen LogP contribution in [0, 0.1) is 0 Å². The second-order valence-corrected chi connectivity index (χ2v) is 7.75. The van der Waals surface area contributed by atoms with E-state index in [9.17, 15) is 0 Å². The Labute approximate surface area is 144 Å². The smallest absolute Gasteiger partial charge is 0.0294 e. The molecule has 3 rings (SSSR count). The standard InChI is InChI=1S/C21H27NS/c1-17(19-12-6-3-7-13-19)22-20-14-8-9-15-21(20)23-16-18-10-4-2-5-11-18/h2-7,10-13,17,20-22H,8-9,14-16H2,1H3/t17-,20-,21-/m0/s1. The Morgan fingerprint density at radius 2 is 1.61 bits per heavy atom. The van der Waals surface area contributed by atoms with E-state index in [0.29, 0.717) is 12.1 Å². The van der Waals surface area contributed by atoms with Crippen LogP contribution in [0.4, 0.5) is 0 Å². The molecule has 1 N–H and O–H groups in total. The van der Waals surface area contributed by atoms with E-state index < -0.39 is 0 Å². The summed E-state index contributed by atoms with van der Waals surface area (Å²) in [6.45, 7) is 2.29. The van der Waals surface area contributed by atoms with E-state index in [2.05, 4.69) is 84.7 Å². The van der Waals surface area contributed by atoms with Gasteiger partial charge in [0.25, 0.3) is 0 Å². The fourth-order valence-electron chi connectivity index (χ4n) is 3.42. The average Bonchev–Trinajstić information content (AvgIpc) is 2.62. The van der Waals surface area contributed by atoms with E-state index in [1.807, 2.05) is 0 Å². The lowest BCUT2D eigenvalue weighted by Crippen LogP contribution is -2.41. The van der Waals surface area contributed by atoms with E-state index in [1.54, 1.807) is 0 Å². The minimum absolute atomic E-state index is 0.430. The average molecular weight is 326 g/mol. The first-order chi connectivity index (χ1) is 11.3. The van der Waals surface area contributed by atoms with E-state index in [4.69, 9.17) is 0 Å². The number of hydrogen-bond donors (Lipinski definition) is 1. The normalized spacial score (nSPS) is 22.7. The van der Waals surface area contributed by atoms with Crippen LogP contribution in [-0.2, 0) is 5.75 Å². The molecule has 0 amide bonds. The van der Waals surface area contributed by atoms with Gasteiger partial charge in [-0.2, -0.15) is 11.8 Å². The molecule has 23 heavy (non-hydrogen) atoms. The molecule has 0 radical (unpaired) electrons. The van der Waals surface area contributed by atoms with Gasteiger partial charge in [0, 0.05) is 23.1 Å². The molecular formula is C21H27NS. The minimum atomic E-state index is 0.430. The number of rotatable bonds is 6. The zero-order valence-corrected chi connectivity index (χ0v) is 14.8. The van der Waals surface area contributed by atoms with Gasteiger partial charge in [-0.25, -0.2) is 0 Å². The lowest BCUT2D eigenvalue weighted by molar-refractivity contribution is 0.356. The van der Waals surface area contributed by atoms with Crippen LogP contribution in [0.2, 0.25) is 0 Å². The summed E-state index contributed by atoms with van der Waals surface area (Å²) in [6.07, 6.45) is 5.40. The van der Waals surface area contributed by atoms with Crippen molar-refractivity contribution in [1.82, 2.24) is 5.32 Å². The van der Waals surface area contributed by atoms with Crippen LogP contribution in [0.3, 0.4) is 0 Å². The second kappa shape index (κ2) is 8.56. The number of nitrogens with one attached hydrogen (secondary N) is 1. The molecule has 122 valence electrons. The van der Waals surface area contributed by atoms with Crippen LogP contribution in [-0.4, -0.2) is 11.3 Å². The van der Waals surface area contributed by atoms with Crippen molar-refractivity contribution in [3.8, 4) is 0 Å². The third-order valence-electron chi connectivity index (χ3n) is 4.77. The van der Waals surface area contributed by atoms with Gasteiger partial charge in [0.1, 0.15) is 0 Å². The molecule has 3 atom stereocenters. The molecule has 1 aliphatic carbocycles. The Morgan fingerprint density at radius 3 is 2.35 bits per heavy atom. The molecule has 1 saturated carbocycles. The number of benzene rings is 2. The largest absolute Gasteiger partial charge is 0.306 e. The summed E-state index contributed by atoms with van der Waals surface area (Å²) < 4.78 is 0. The molecule has 2 aromatic carbocycles. The van der Waals surface area contributed by atoms with Crippen LogP contribution >= 0.6 is 11.8 Å². The highest BCUT2D eigenvalue weighted by Crippen LogP contribution is 2.32. The third kappa shape index (κ3) is 4.86. The Balaban J connectivity index is 1.58. The van der Waals surface area contributed by atoms with Gasteiger partial charge in [-0.1, -0.05) is 73.5 Å². The van der Waals surface area contributed by atoms with E-state index in [1.165, 1.54) is 36.8 Å². The highest BCUT2D eigenvalue weighted by molar-refractivity contribution is 7.99.